The summed E-state index contributed by atoms with van der Waals surface area (Å²) in [7, 11) is 0. The number of hydrogen-bond donors (Lipinski definition) is 2. The van der Waals surface area contributed by atoms with Gasteiger partial charge >= 0.3 is 0 Å². The zero-order chi connectivity index (χ0) is 25.4. The number of imidazole rings is 1. The van der Waals surface area contributed by atoms with Crippen LogP contribution in [0.4, 0.5) is 8.78 Å². The average molecular weight is 598 g/mol. The normalized spacial score (nSPS) is 18.3. The molecule has 0 bridgehead atoms. The van der Waals surface area contributed by atoms with Crippen LogP contribution in [0.25, 0.3) is 26.4 Å². The molecule has 0 spiro atoms. The van der Waals surface area contributed by atoms with E-state index in [-0.39, 0.29) is 42.6 Å². The predicted molar refractivity (Wildman–Crippen MR) is 156 cm³/mol. The van der Waals surface area contributed by atoms with Gasteiger partial charge in [0.15, 0.2) is 4.96 Å². The lowest BCUT2D eigenvalue weighted by molar-refractivity contribution is 0.0945. The van der Waals surface area contributed by atoms with Crippen molar-refractivity contribution in [1.82, 2.24) is 29.9 Å². The minimum absolute atomic E-state index is 0. The summed E-state index contributed by atoms with van der Waals surface area (Å²) in [5, 5.41) is 6.34. The minimum Gasteiger partial charge on any atom is -0.351 e. The van der Waals surface area contributed by atoms with Crippen molar-refractivity contribution >= 4 is 57.2 Å². The molecule has 1 atom stereocenters. The van der Waals surface area contributed by atoms with Crippen LogP contribution >= 0.6 is 36.2 Å². The minimum atomic E-state index is -0.671. The van der Waals surface area contributed by atoms with Crippen molar-refractivity contribution in [2.75, 3.05) is 32.7 Å². The van der Waals surface area contributed by atoms with Gasteiger partial charge in [-0.25, -0.2) is 18.7 Å². The molecule has 210 valence electrons. The monoisotopic (exact) mass is 596 g/mol. The van der Waals surface area contributed by atoms with Gasteiger partial charge in [-0.15, -0.1) is 24.8 Å². The van der Waals surface area contributed by atoms with Gasteiger partial charge < -0.3 is 15.5 Å². The van der Waals surface area contributed by atoms with E-state index in [4.69, 9.17) is 0 Å². The van der Waals surface area contributed by atoms with Gasteiger partial charge in [0.2, 0.25) is 0 Å². The van der Waals surface area contributed by atoms with Crippen molar-refractivity contribution in [2.45, 2.75) is 44.3 Å². The number of nitrogens with one attached hydrogen (secondary N) is 2. The van der Waals surface area contributed by atoms with Crippen LogP contribution in [0.5, 0.6) is 0 Å². The first-order chi connectivity index (χ1) is 18.0. The molecule has 3 aromatic heterocycles. The van der Waals surface area contributed by atoms with Crippen LogP contribution < -0.4 is 10.6 Å². The number of rotatable bonds is 7. The second-order valence-electron chi connectivity index (χ2n) is 9.93. The summed E-state index contributed by atoms with van der Waals surface area (Å²) in [5.41, 5.74) is 3.22. The van der Waals surface area contributed by atoms with Crippen LogP contribution in [0.15, 0.2) is 36.7 Å². The van der Waals surface area contributed by atoms with Gasteiger partial charge in [-0.2, -0.15) is 0 Å². The Morgan fingerprint density at radius 3 is 2.74 bits per heavy atom. The van der Waals surface area contributed by atoms with E-state index in [2.05, 4.69) is 25.5 Å². The second-order valence-corrected chi connectivity index (χ2v) is 10.9. The molecule has 1 aromatic carbocycles. The van der Waals surface area contributed by atoms with Crippen molar-refractivity contribution in [3.8, 4) is 11.3 Å². The summed E-state index contributed by atoms with van der Waals surface area (Å²) in [6, 6.07) is 7.39. The van der Waals surface area contributed by atoms with Crippen molar-refractivity contribution in [1.29, 1.82) is 0 Å². The van der Waals surface area contributed by atoms with Crippen LogP contribution in [0.2, 0.25) is 0 Å². The number of benzene rings is 1. The topological polar surface area (TPSA) is 74.6 Å². The van der Waals surface area contributed by atoms with Crippen LogP contribution in [0.3, 0.4) is 0 Å². The standard InChI is InChI=1S/C27H30F2N6OS.2ClH/c28-18-6-11-34(12-7-18)10-2-9-31-26(36)22-14-25-24(15-32-22)35-16-23(33-27(35)37-25)19-5-4-17(13-20(19)29)21-3-1-8-30-21;;/h4-5,13-16,18,21,30H,1-3,6-12H2,(H,31,36);2*1H/t21-;;/m0../s1. The van der Waals surface area contributed by atoms with E-state index in [1.165, 1.54) is 11.3 Å². The van der Waals surface area contributed by atoms with E-state index in [9.17, 15) is 13.6 Å². The zero-order valence-corrected chi connectivity index (χ0v) is 23.8. The number of piperidine rings is 1. The van der Waals surface area contributed by atoms with E-state index in [1.54, 1.807) is 18.3 Å². The number of halogens is 4. The largest absolute Gasteiger partial charge is 0.351 e. The fourth-order valence-electron chi connectivity index (χ4n) is 5.30. The van der Waals surface area contributed by atoms with Gasteiger partial charge in [-0.1, -0.05) is 17.4 Å². The number of amides is 1. The Balaban J connectivity index is 0.00000176. The molecular weight excluding hydrogens is 565 g/mol. The molecule has 2 aliphatic rings. The highest BCUT2D eigenvalue weighted by Crippen LogP contribution is 2.32. The van der Waals surface area contributed by atoms with Gasteiger partial charge in [0.1, 0.15) is 17.7 Å². The predicted octanol–water partition coefficient (Wildman–Crippen LogP) is 5.57. The average Bonchev–Trinajstić information content (AvgIpc) is 3.64. The lowest BCUT2D eigenvalue weighted by Gasteiger charge is -2.28. The third-order valence-electron chi connectivity index (χ3n) is 7.40. The van der Waals surface area contributed by atoms with Crippen LogP contribution in [-0.2, 0) is 0 Å². The molecule has 12 heteroatoms. The third kappa shape index (κ3) is 6.36. The number of nitrogens with zero attached hydrogens (tertiary/aromatic N) is 4. The molecule has 0 aliphatic carbocycles. The first-order valence-corrected chi connectivity index (χ1v) is 13.8. The fraction of sp³-hybridized carbons (Fsp3) is 0.444. The molecule has 4 aromatic rings. The Morgan fingerprint density at radius 1 is 1.18 bits per heavy atom. The summed E-state index contributed by atoms with van der Waals surface area (Å²) in [6.45, 7) is 3.94. The molecular formula is C27H32Cl2F2N6OS. The second kappa shape index (κ2) is 12.9. The Hall–Kier alpha value is -2.37. The highest BCUT2D eigenvalue weighted by Gasteiger charge is 2.20. The number of hydrogen-bond acceptors (Lipinski definition) is 6. The lowest BCUT2D eigenvalue weighted by Crippen LogP contribution is -2.36. The van der Waals surface area contributed by atoms with Crippen molar-refractivity contribution in [3.63, 3.8) is 0 Å². The summed E-state index contributed by atoms with van der Waals surface area (Å²) < 4.78 is 31.0. The van der Waals surface area contributed by atoms with E-state index in [1.807, 2.05) is 22.7 Å². The zero-order valence-electron chi connectivity index (χ0n) is 21.4. The number of likely N-dealkylation sites (tertiary alicyclic amines) is 1. The summed E-state index contributed by atoms with van der Waals surface area (Å²) >= 11 is 1.45. The Labute approximate surface area is 242 Å². The highest BCUT2D eigenvalue weighted by atomic mass is 35.5. The molecule has 2 fully saturated rings. The molecule has 1 amide bonds. The first-order valence-electron chi connectivity index (χ1n) is 13.0. The molecule has 0 saturated carbocycles. The van der Waals surface area contributed by atoms with Crippen molar-refractivity contribution in [2.24, 2.45) is 0 Å². The Bertz CT molecular complexity index is 1430. The quantitative estimate of drug-likeness (QED) is 0.273. The molecule has 7 nitrogen and oxygen atoms in total. The van der Waals surface area contributed by atoms with Gasteiger partial charge in [0.05, 0.1) is 22.1 Å². The van der Waals surface area contributed by atoms with Gasteiger partial charge in [-0.05, 0) is 69.0 Å². The van der Waals surface area contributed by atoms with E-state index >= 15 is 0 Å². The van der Waals surface area contributed by atoms with E-state index < -0.39 is 6.17 Å². The summed E-state index contributed by atoms with van der Waals surface area (Å²) in [6.07, 6.45) is 6.97. The van der Waals surface area contributed by atoms with Crippen molar-refractivity contribution < 1.29 is 13.6 Å². The van der Waals surface area contributed by atoms with E-state index in [0.29, 0.717) is 36.3 Å². The van der Waals surface area contributed by atoms with Crippen LogP contribution in [-0.4, -0.2) is 64.1 Å². The maximum absolute atomic E-state index is 15.0. The van der Waals surface area contributed by atoms with Gasteiger partial charge in [0, 0.05) is 37.4 Å². The molecule has 0 radical (unpaired) electrons. The summed E-state index contributed by atoms with van der Waals surface area (Å²) in [4.78, 5) is 24.6. The molecule has 0 unspecified atom stereocenters. The number of aromatic nitrogens is 3. The van der Waals surface area contributed by atoms with Gasteiger partial charge in [0.25, 0.3) is 5.91 Å². The third-order valence-corrected chi connectivity index (χ3v) is 8.42. The fourth-order valence-corrected chi connectivity index (χ4v) is 6.31. The molecule has 2 aliphatic heterocycles. The molecule has 2 saturated heterocycles. The molecule has 39 heavy (non-hydrogen) atoms. The number of carbonyl (C=O) groups is 1. The number of thiazole rings is 1. The summed E-state index contributed by atoms with van der Waals surface area (Å²) in [5.74, 6) is -0.486. The maximum atomic E-state index is 15.0. The first kappa shape index (κ1) is 29.6. The van der Waals surface area contributed by atoms with E-state index in [0.717, 1.165) is 66.2 Å². The molecule has 6 rings (SSSR count). The van der Waals surface area contributed by atoms with Crippen molar-refractivity contribution in [3.05, 3.63) is 53.7 Å². The Kier molecular flexibility index (Phi) is 9.77. The maximum Gasteiger partial charge on any atom is 0.269 e. The lowest BCUT2D eigenvalue weighted by atomic mass is 10.0. The number of alkyl halides is 1. The molecule has 5 heterocycles. The SMILES string of the molecule is Cl.Cl.O=C(NCCCN1CCC(F)CC1)c1cc2sc3nc(-c4ccc([C@@H]5CCCN5)cc4F)cn3c2cn1. The Morgan fingerprint density at radius 2 is 2.00 bits per heavy atom. The highest BCUT2D eigenvalue weighted by molar-refractivity contribution is 7.23. The van der Waals surface area contributed by atoms with Crippen LogP contribution in [0, 0.1) is 5.82 Å². The number of carbonyl (C=O) groups excluding carboxylic acids is 1. The van der Waals surface area contributed by atoms with Gasteiger partial charge in [-0.3, -0.25) is 9.20 Å². The van der Waals surface area contributed by atoms with Crippen LogP contribution in [0.1, 0.15) is 54.2 Å². The number of fused-ring (bicyclic) bond motifs is 3. The number of pyridine rings is 1. The molecule has 2 N–H and O–H groups in total. The smallest absolute Gasteiger partial charge is 0.269 e.